The van der Waals surface area contributed by atoms with E-state index in [0.717, 1.165) is 60.4 Å². The molecule has 5 rings (SSSR count). The fourth-order valence-corrected chi connectivity index (χ4v) is 3.62. The quantitative estimate of drug-likeness (QED) is 0.273. The Morgan fingerprint density at radius 1 is 0.857 bits per heavy atom. The van der Waals surface area contributed by atoms with E-state index in [4.69, 9.17) is 0 Å². The molecule has 0 saturated carbocycles. The highest BCUT2D eigenvalue weighted by Crippen LogP contribution is 2.29. The normalized spacial score (nSPS) is 11.1. The van der Waals surface area contributed by atoms with Crippen LogP contribution in [0, 0.1) is 11.6 Å². The zero-order valence-corrected chi connectivity index (χ0v) is 19.9. The van der Waals surface area contributed by atoms with Crippen LogP contribution in [0.1, 0.15) is 26.3 Å². The van der Waals surface area contributed by atoms with Crippen molar-refractivity contribution in [3.05, 3.63) is 60.1 Å². The molecule has 4 heterocycles. The molecular weight excluding hydrogens is 450 g/mol. The Labute approximate surface area is 201 Å². The monoisotopic (exact) mass is 478 g/mol. The van der Waals surface area contributed by atoms with Crippen molar-refractivity contribution in [1.82, 2.24) is 40.8 Å². The molecule has 1 aromatic carbocycles. The van der Waals surface area contributed by atoms with Crippen molar-refractivity contribution in [1.29, 1.82) is 0 Å². The summed E-state index contributed by atoms with van der Waals surface area (Å²) in [4.78, 5) is 16.1. The Bertz CT molecular complexity index is 1390. The molecule has 8 nitrogen and oxygen atoms in total. The summed E-state index contributed by atoms with van der Waals surface area (Å²) in [6.45, 7) is 10.0. The zero-order valence-electron chi connectivity index (χ0n) is 19.9. The topological polar surface area (TPSA) is 107 Å². The second-order valence-corrected chi connectivity index (χ2v) is 7.88. The molecule has 0 amide bonds. The van der Waals surface area contributed by atoms with Crippen LogP contribution in [-0.2, 0) is 6.54 Å². The van der Waals surface area contributed by atoms with Crippen molar-refractivity contribution in [2.75, 3.05) is 19.6 Å². The summed E-state index contributed by atoms with van der Waals surface area (Å²) in [5, 5.41) is 14.3. The van der Waals surface area contributed by atoms with Crippen molar-refractivity contribution < 1.29 is 8.78 Å². The maximum absolute atomic E-state index is 13.5. The molecule has 10 heteroatoms. The largest absolute Gasteiger partial charge is 0.337 e. The third-order valence-electron chi connectivity index (χ3n) is 5.38. The average Bonchev–Trinajstić information content (AvgIpc) is 3.47. The van der Waals surface area contributed by atoms with Crippen LogP contribution in [0.15, 0.2) is 42.9 Å². The number of pyridine rings is 2. The first-order valence-corrected chi connectivity index (χ1v) is 11.6. The van der Waals surface area contributed by atoms with Crippen LogP contribution in [-0.4, -0.2) is 49.8 Å². The maximum Gasteiger partial charge on any atom is 0.181 e. The summed E-state index contributed by atoms with van der Waals surface area (Å²) in [5.74, 6) is -1.44. The second-order valence-electron chi connectivity index (χ2n) is 7.88. The lowest BCUT2D eigenvalue weighted by Crippen LogP contribution is -2.11. The molecule has 182 valence electrons. The van der Waals surface area contributed by atoms with E-state index in [1.807, 2.05) is 12.3 Å². The molecule has 0 aliphatic carbocycles. The van der Waals surface area contributed by atoms with Gasteiger partial charge in [0.15, 0.2) is 23.1 Å². The third kappa shape index (κ3) is 5.50. The number of hydrogen-bond donors (Lipinski definition) is 4. The molecule has 0 bridgehead atoms. The van der Waals surface area contributed by atoms with Gasteiger partial charge in [0, 0.05) is 48.4 Å². The maximum atomic E-state index is 13.5. The number of rotatable bonds is 7. The Balaban J connectivity index is 0.000000527. The van der Waals surface area contributed by atoms with Crippen LogP contribution >= 0.6 is 0 Å². The summed E-state index contributed by atoms with van der Waals surface area (Å²) in [5.41, 5.74) is 4.72. The summed E-state index contributed by atoms with van der Waals surface area (Å²) in [6.07, 6.45) is 5.35. The molecule has 0 spiro atoms. The number of aromatic amines is 2. The van der Waals surface area contributed by atoms with Crippen molar-refractivity contribution in [3.63, 3.8) is 0 Å². The van der Waals surface area contributed by atoms with Crippen molar-refractivity contribution >= 4 is 22.1 Å². The van der Waals surface area contributed by atoms with Gasteiger partial charge in [-0.25, -0.2) is 18.7 Å². The van der Waals surface area contributed by atoms with E-state index in [1.54, 1.807) is 12.4 Å². The van der Waals surface area contributed by atoms with Gasteiger partial charge in [0.1, 0.15) is 5.69 Å². The van der Waals surface area contributed by atoms with E-state index < -0.39 is 11.6 Å². The van der Waals surface area contributed by atoms with Crippen molar-refractivity contribution in [3.8, 4) is 22.6 Å². The first kappa shape index (κ1) is 24.4. The first-order valence-electron chi connectivity index (χ1n) is 11.6. The van der Waals surface area contributed by atoms with E-state index >= 15 is 0 Å². The fourth-order valence-electron chi connectivity index (χ4n) is 3.62. The average molecular weight is 479 g/mol. The number of aromatic nitrogens is 6. The van der Waals surface area contributed by atoms with Crippen LogP contribution in [0.3, 0.4) is 0 Å². The number of halogens is 2. The highest BCUT2D eigenvalue weighted by Gasteiger charge is 2.15. The fraction of sp³-hybridized carbons (Fsp3) is 0.280. The van der Waals surface area contributed by atoms with Crippen LogP contribution in [0.25, 0.3) is 44.7 Å². The van der Waals surface area contributed by atoms with E-state index in [0.29, 0.717) is 28.2 Å². The van der Waals surface area contributed by atoms with E-state index in [2.05, 4.69) is 67.6 Å². The minimum atomic E-state index is -0.941. The molecule has 0 aliphatic heterocycles. The zero-order chi connectivity index (χ0) is 24.8. The molecule has 0 saturated heterocycles. The van der Waals surface area contributed by atoms with Gasteiger partial charge in [-0.1, -0.05) is 20.8 Å². The number of hydrogen-bond acceptors (Lipinski definition) is 6. The summed E-state index contributed by atoms with van der Waals surface area (Å²) < 4.78 is 27.1. The summed E-state index contributed by atoms with van der Waals surface area (Å²) in [6, 6.07) is 6.16. The first-order chi connectivity index (χ1) is 17.0. The predicted molar refractivity (Wildman–Crippen MR) is 134 cm³/mol. The molecule has 35 heavy (non-hydrogen) atoms. The van der Waals surface area contributed by atoms with Gasteiger partial charge in [-0.05, 0) is 37.3 Å². The van der Waals surface area contributed by atoms with Crippen LogP contribution < -0.4 is 10.6 Å². The Morgan fingerprint density at radius 2 is 1.60 bits per heavy atom. The number of nitrogens with zero attached hydrogens (tertiary/aromatic N) is 4. The Hall–Kier alpha value is -3.76. The minimum absolute atomic E-state index is 0.330. The number of benzene rings is 1. The lowest BCUT2D eigenvalue weighted by atomic mass is 10.1. The van der Waals surface area contributed by atoms with Gasteiger partial charge in [0.2, 0.25) is 0 Å². The van der Waals surface area contributed by atoms with Gasteiger partial charge in [-0.3, -0.25) is 10.1 Å². The van der Waals surface area contributed by atoms with Crippen molar-refractivity contribution in [2.24, 2.45) is 0 Å². The SMILES string of the molecule is CCNCC.CCNCc1cncc(-c2cnc3n[nH]c(-c4nc5cc(F)c(F)cc5[nH]4)c3c2)c1. The molecular formula is C25H28F2N8. The van der Waals surface area contributed by atoms with Gasteiger partial charge in [0.25, 0.3) is 0 Å². The molecule has 0 aliphatic rings. The highest BCUT2D eigenvalue weighted by molar-refractivity contribution is 5.93. The molecule has 0 atom stereocenters. The Morgan fingerprint density at radius 3 is 2.34 bits per heavy atom. The van der Waals surface area contributed by atoms with Crippen LogP contribution in [0.2, 0.25) is 0 Å². The number of imidazole rings is 1. The predicted octanol–water partition coefficient (Wildman–Crippen LogP) is 4.57. The lowest BCUT2D eigenvalue weighted by molar-refractivity contribution is 0.510. The van der Waals surface area contributed by atoms with E-state index in [9.17, 15) is 8.78 Å². The van der Waals surface area contributed by atoms with Crippen molar-refractivity contribution in [2.45, 2.75) is 27.3 Å². The van der Waals surface area contributed by atoms with Gasteiger partial charge in [0.05, 0.1) is 16.4 Å². The molecule has 4 aromatic heterocycles. The molecule has 0 unspecified atom stereocenters. The molecule has 4 N–H and O–H groups in total. The number of H-pyrrole nitrogens is 2. The highest BCUT2D eigenvalue weighted by atomic mass is 19.2. The van der Waals surface area contributed by atoms with Crippen LogP contribution in [0.5, 0.6) is 0 Å². The number of nitrogens with one attached hydrogen (secondary N) is 4. The van der Waals surface area contributed by atoms with Gasteiger partial charge in [-0.2, -0.15) is 5.10 Å². The third-order valence-corrected chi connectivity index (χ3v) is 5.38. The van der Waals surface area contributed by atoms with Gasteiger partial charge in [-0.15, -0.1) is 0 Å². The number of fused-ring (bicyclic) bond motifs is 2. The summed E-state index contributed by atoms with van der Waals surface area (Å²) in [7, 11) is 0. The molecule has 5 aromatic rings. The van der Waals surface area contributed by atoms with Gasteiger partial charge >= 0.3 is 0 Å². The van der Waals surface area contributed by atoms with E-state index in [1.165, 1.54) is 0 Å². The smallest absolute Gasteiger partial charge is 0.181 e. The molecule has 0 fully saturated rings. The van der Waals surface area contributed by atoms with E-state index in [-0.39, 0.29) is 0 Å². The Kier molecular flexibility index (Phi) is 7.74. The second kappa shape index (κ2) is 11.1. The standard InChI is InChI=1S/C21H17F2N7.C4H11N/c1-2-24-7-11-3-12(9-25-8-11)13-4-14-19(29-30-20(14)26-10-13)21-27-17-5-15(22)16(23)6-18(17)28-21;1-3-5-4-2/h3-6,8-10,24H,2,7H2,1H3,(H,27,28)(H,26,29,30);5H,3-4H2,1-2H3. The van der Waals surface area contributed by atoms with Gasteiger partial charge < -0.3 is 15.6 Å². The lowest BCUT2D eigenvalue weighted by Gasteiger charge is -2.05. The van der Waals surface area contributed by atoms with Crippen LogP contribution in [0.4, 0.5) is 8.78 Å². The summed E-state index contributed by atoms with van der Waals surface area (Å²) >= 11 is 0. The minimum Gasteiger partial charge on any atom is -0.337 e. The molecule has 0 radical (unpaired) electrons.